The van der Waals surface area contributed by atoms with E-state index < -0.39 is 0 Å². The summed E-state index contributed by atoms with van der Waals surface area (Å²) in [6, 6.07) is 2.43. The highest BCUT2D eigenvalue weighted by molar-refractivity contribution is 9.11. The number of aromatic nitrogens is 2. The molecule has 0 unspecified atom stereocenters. The molecule has 0 atom stereocenters. The molecule has 1 aliphatic heterocycles. The van der Waals surface area contributed by atoms with Crippen LogP contribution in [0.2, 0.25) is 0 Å². The number of hydrogen-bond acceptors (Lipinski definition) is 4. The molecule has 0 radical (unpaired) electrons. The molecule has 0 aliphatic carbocycles. The van der Waals surface area contributed by atoms with Crippen LogP contribution in [0.4, 0.5) is 5.82 Å². The van der Waals surface area contributed by atoms with Crippen LogP contribution < -0.4 is 5.32 Å². The SMILES string of the molecule is C=C(Br)CN1CCC(Nc2ccncn2)CC1. The number of halogens is 1. The van der Waals surface area contributed by atoms with Gasteiger partial charge in [-0.3, -0.25) is 4.90 Å². The Morgan fingerprint density at radius 1 is 1.53 bits per heavy atom. The predicted octanol–water partition coefficient (Wildman–Crippen LogP) is 2.26. The molecule has 0 spiro atoms. The van der Waals surface area contributed by atoms with Gasteiger partial charge in [-0.15, -0.1) is 0 Å². The molecule has 92 valence electrons. The number of nitrogens with zero attached hydrogens (tertiary/aromatic N) is 3. The fourth-order valence-corrected chi connectivity index (χ4v) is 2.42. The van der Waals surface area contributed by atoms with Crippen LogP contribution in [-0.4, -0.2) is 40.5 Å². The maximum absolute atomic E-state index is 4.18. The van der Waals surface area contributed by atoms with Crippen molar-refractivity contribution in [2.75, 3.05) is 25.0 Å². The van der Waals surface area contributed by atoms with Crippen molar-refractivity contribution < 1.29 is 0 Å². The zero-order valence-electron chi connectivity index (χ0n) is 9.77. The minimum absolute atomic E-state index is 0.518. The van der Waals surface area contributed by atoms with Gasteiger partial charge in [-0.05, 0) is 18.9 Å². The molecule has 2 heterocycles. The molecule has 1 fully saturated rings. The maximum Gasteiger partial charge on any atom is 0.129 e. The molecule has 1 aromatic rings. The summed E-state index contributed by atoms with van der Waals surface area (Å²) in [5.41, 5.74) is 0. The molecule has 1 aromatic heterocycles. The minimum atomic E-state index is 0.518. The fourth-order valence-electron chi connectivity index (χ4n) is 2.06. The Morgan fingerprint density at radius 3 is 2.88 bits per heavy atom. The molecular formula is C12H17BrN4. The number of nitrogens with one attached hydrogen (secondary N) is 1. The van der Waals surface area contributed by atoms with Crippen molar-refractivity contribution in [3.63, 3.8) is 0 Å². The smallest absolute Gasteiger partial charge is 0.129 e. The summed E-state index contributed by atoms with van der Waals surface area (Å²) in [5.74, 6) is 0.920. The first-order valence-corrected chi connectivity index (χ1v) is 6.61. The van der Waals surface area contributed by atoms with Crippen LogP contribution in [0, 0.1) is 0 Å². The average molecular weight is 297 g/mol. The van der Waals surface area contributed by atoms with Gasteiger partial charge in [0, 0.05) is 36.4 Å². The first-order chi connectivity index (χ1) is 8.24. The first kappa shape index (κ1) is 12.5. The van der Waals surface area contributed by atoms with Crippen LogP contribution in [0.5, 0.6) is 0 Å². The van der Waals surface area contributed by atoms with E-state index in [9.17, 15) is 0 Å². The van der Waals surface area contributed by atoms with E-state index in [1.807, 2.05) is 6.07 Å². The van der Waals surface area contributed by atoms with Crippen molar-refractivity contribution in [3.8, 4) is 0 Å². The molecule has 17 heavy (non-hydrogen) atoms. The normalized spacial score (nSPS) is 17.9. The Balaban J connectivity index is 1.78. The van der Waals surface area contributed by atoms with Gasteiger partial charge in [-0.2, -0.15) is 0 Å². The Bertz CT molecular complexity index is 360. The third-order valence-corrected chi connectivity index (χ3v) is 3.17. The van der Waals surface area contributed by atoms with Crippen molar-refractivity contribution in [3.05, 3.63) is 29.7 Å². The minimum Gasteiger partial charge on any atom is -0.367 e. The Labute approximate surface area is 110 Å². The predicted molar refractivity (Wildman–Crippen MR) is 73.2 cm³/mol. The third kappa shape index (κ3) is 4.09. The van der Waals surface area contributed by atoms with Gasteiger partial charge >= 0.3 is 0 Å². The molecule has 0 bridgehead atoms. The molecule has 0 amide bonds. The molecule has 5 heteroatoms. The van der Waals surface area contributed by atoms with E-state index in [1.165, 1.54) is 0 Å². The van der Waals surface area contributed by atoms with Crippen molar-refractivity contribution in [1.29, 1.82) is 0 Å². The molecule has 1 N–H and O–H groups in total. The van der Waals surface area contributed by atoms with E-state index in [1.54, 1.807) is 12.5 Å². The van der Waals surface area contributed by atoms with Gasteiger partial charge < -0.3 is 5.32 Å². The Kier molecular flexibility index (Phi) is 4.50. The quantitative estimate of drug-likeness (QED) is 0.925. The summed E-state index contributed by atoms with van der Waals surface area (Å²) >= 11 is 3.41. The van der Waals surface area contributed by atoms with E-state index in [0.717, 1.165) is 42.8 Å². The number of anilines is 1. The van der Waals surface area contributed by atoms with Crippen LogP contribution in [0.15, 0.2) is 29.7 Å². The van der Waals surface area contributed by atoms with Crippen LogP contribution in [0.3, 0.4) is 0 Å². The average Bonchev–Trinajstić information content (AvgIpc) is 2.32. The van der Waals surface area contributed by atoms with Gasteiger partial charge in [0.05, 0.1) is 0 Å². The lowest BCUT2D eigenvalue weighted by atomic mass is 10.1. The largest absolute Gasteiger partial charge is 0.367 e. The van der Waals surface area contributed by atoms with Crippen molar-refractivity contribution in [1.82, 2.24) is 14.9 Å². The zero-order valence-corrected chi connectivity index (χ0v) is 11.4. The fraction of sp³-hybridized carbons (Fsp3) is 0.500. The maximum atomic E-state index is 4.18. The van der Waals surface area contributed by atoms with Gasteiger partial charge in [-0.1, -0.05) is 22.5 Å². The van der Waals surface area contributed by atoms with Crippen molar-refractivity contribution in [2.45, 2.75) is 18.9 Å². The number of hydrogen-bond donors (Lipinski definition) is 1. The lowest BCUT2D eigenvalue weighted by Crippen LogP contribution is -2.39. The second kappa shape index (κ2) is 6.12. The molecule has 0 saturated carbocycles. The van der Waals surface area contributed by atoms with Crippen LogP contribution in [0.25, 0.3) is 0 Å². The third-order valence-electron chi connectivity index (χ3n) is 2.92. The van der Waals surface area contributed by atoms with E-state index in [4.69, 9.17) is 0 Å². The molecule has 4 nitrogen and oxygen atoms in total. The van der Waals surface area contributed by atoms with Crippen LogP contribution in [-0.2, 0) is 0 Å². The first-order valence-electron chi connectivity index (χ1n) is 5.82. The molecule has 1 saturated heterocycles. The second-order valence-corrected chi connectivity index (χ2v) is 5.43. The van der Waals surface area contributed by atoms with Crippen LogP contribution >= 0.6 is 15.9 Å². The molecule has 1 aliphatic rings. The topological polar surface area (TPSA) is 41.0 Å². The van der Waals surface area contributed by atoms with Crippen molar-refractivity contribution >= 4 is 21.7 Å². The number of piperidine rings is 1. The second-order valence-electron chi connectivity index (χ2n) is 4.31. The highest BCUT2D eigenvalue weighted by Gasteiger charge is 2.19. The lowest BCUT2D eigenvalue weighted by Gasteiger charge is -2.32. The summed E-state index contributed by atoms with van der Waals surface area (Å²) in [7, 11) is 0. The number of likely N-dealkylation sites (tertiary alicyclic amines) is 1. The number of rotatable bonds is 4. The molecular weight excluding hydrogens is 280 g/mol. The summed E-state index contributed by atoms with van der Waals surface area (Å²) in [6.45, 7) is 7.03. The van der Waals surface area contributed by atoms with E-state index >= 15 is 0 Å². The van der Waals surface area contributed by atoms with Crippen molar-refractivity contribution in [2.24, 2.45) is 0 Å². The highest BCUT2D eigenvalue weighted by atomic mass is 79.9. The van der Waals surface area contributed by atoms with Gasteiger partial charge in [0.2, 0.25) is 0 Å². The summed E-state index contributed by atoms with van der Waals surface area (Å²) in [6.07, 6.45) is 5.63. The Morgan fingerprint density at radius 2 is 2.29 bits per heavy atom. The standard InChI is InChI=1S/C12H17BrN4/c1-10(13)8-17-6-3-11(4-7-17)16-12-2-5-14-9-15-12/h2,5,9,11H,1,3-4,6-8H2,(H,14,15,16). The van der Waals surface area contributed by atoms with Gasteiger partial charge in [0.1, 0.15) is 12.1 Å². The Hall–Kier alpha value is -0.940. The summed E-state index contributed by atoms with van der Waals surface area (Å²) in [5, 5.41) is 3.44. The molecule has 2 rings (SSSR count). The zero-order chi connectivity index (χ0) is 12.1. The monoisotopic (exact) mass is 296 g/mol. The van der Waals surface area contributed by atoms with E-state index in [0.29, 0.717) is 6.04 Å². The molecule has 0 aromatic carbocycles. The highest BCUT2D eigenvalue weighted by Crippen LogP contribution is 2.16. The van der Waals surface area contributed by atoms with Gasteiger partial charge in [0.15, 0.2) is 0 Å². The van der Waals surface area contributed by atoms with E-state index in [-0.39, 0.29) is 0 Å². The van der Waals surface area contributed by atoms with Crippen LogP contribution in [0.1, 0.15) is 12.8 Å². The summed E-state index contributed by atoms with van der Waals surface area (Å²) < 4.78 is 1.06. The van der Waals surface area contributed by atoms with E-state index in [2.05, 4.69) is 42.7 Å². The summed E-state index contributed by atoms with van der Waals surface area (Å²) in [4.78, 5) is 10.5. The van der Waals surface area contributed by atoms with Gasteiger partial charge in [-0.25, -0.2) is 9.97 Å². The van der Waals surface area contributed by atoms with Gasteiger partial charge in [0.25, 0.3) is 0 Å². The lowest BCUT2D eigenvalue weighted by molar-refractivity contribution is 0.239.